The molecule has 4 heterocycles. The number of nitrogens with zero attached hydrogens (tertiary/aromatic N) is 4. The molecule has 3 aromatic rings. The van der Waals surface area contributed by atoms with Crippen molar-refractivity contribution in [2.45, 2.75) is 50.0 Å². The Morgan fingerprint density at radius 1 is 1.15 bits per heavy atom. The number of aryl methyl sites for hydroxylation is 1. The number of piperidine rings is 1. The summed E-state index contributed by atoms with van der Waals surface area (Å²) in [5, 5.41) is 4.14. The minimum Gasteiger partial charge on any atom is -0.488 e. The van der Waals surface area contributed by atoms with Gasteiger partial charge in [-0.2, -0.15) is 4.98 Å². The highest BCUT2D eigenvalue weighted by molar-refractivity contribution is 7.90. The standard InChI is InChI=1S/C24H28N4O4S/c1-3-4-23-26-24(27-32-23)28-11-9-17(10-12-28)21-14-18-13-20(25-15-22(18)31-21)16-5-7-19(8-6-16)33(2,29)30/h5-8,13,15,17,21H,3-4,9-12,14H2,1-2H3. The fourth-order valence-corrected chi connectivity index (χ4v) is 5.26. The van der Waals surface area contributed by atoms with Crippen molar-refractivity contribution in [1.29, 1.82) is 0 Å². The summed E-state index contributed by atoms with van der Waals surface area (Å²) >= 11 is 0. The summed E-state index contributed by atoms with van der Waals surface area (Å²) in [7, 11) is -3.21. The molecule has 1 aromatic carbocycles. The molecule has 9 heteroatoms. The minimum absolute atomic E-state index is 0.146. The van der Waals surface area contributed by atoms with Gasteiger partial charge in [0.05, 0.1) is 16.8 Å². The van der Waals surface area contributed by atoms with E-state index < -0.39 is 9.84 Å². The fourth-order valence-electron chi connectivity index (χ4n) is 4.63. The van der Waals surface area contributed by atoms with Crippen molar-refractivity contribution in [1.82, 2.24) is 15.1 Å². The number of ether oxygens (including phenoxy) is 1. The number of anilines is 1. The maximum absolute atomic E-state index is 11.7. The predicted molar refractivity (Wildman–Crippen MR) is 124 cm³/mol. The van der Waals surface area contributed by atoms with Crippen LogP contribution in [0.5, 0.6) is 5.75 Å². The van der Waals surface area contributed by atoms with Crippen LogP contribution in [0.2, 0.25) is 0 Å². The van der Waals surface area contributed by atoms with Crippen LogP contribution in [-0.4, -0.2) is 49.0 Å². The Morgan fingerprint density at radius 2 is 1.91 bits per heavy atom. The van der Waals surface area contributed by atoms with E-state index in [0.717, 1.165) is 67.8 Å². The van der Waals surface area contributed by atoms with Crippen molar-refractivity contribution in [2.24, 2.45) is 5.92 Å². The van der Waals surface area contributed by atoms with Crippen molar-refractivity contribution < 1.29 is 17.7 Å². The number of sulfone groups is 1. The molecule has 0 aliphatic carbocycles. The van der Waals surface area contributed by atoms with E-state index >= 15 is 0 Å². The summed E-state index contributed by atoms with van der Waals surface area (Å²) in [4.78, 5) is 11.6. The van der Waals surface area contributed by atoms with Crippen molar-refractivity contribution in [3.63, 3.8) is 0 Å². The molecule has 0 amide bonds. The van der Waals surface area contributed by atoms with Gasteiger partial charge in [-0.3, -0.25) is 4.98 Å². The first-order valence-corrected chi connectivity index (χ1v) is 13.3. The minimum atomic E-state index is -3.21. The number of benzene rings is 1. The number of aromatic nitrogens is 3. The smallest absolute Gasteiger partial charge is 0.266 e. The van der Waals surface area contributed by atoms with Crippen molar-refractivity contribution in [3.05, 3.63) is 48.0 Å². The van der Waals surface area contributed by atoms with Crippen LogP contribution in [0.25, 0.3) is 11.3 Å². The molecule has 1 saturated heterocycles. The van der Waals surface area contributed by atoms with Gasteiger partial charge in [-0.15, -0.1) is 0 Å². The fraction of sp³-hybridized carbons (Fsp3) is 0.458. The quantitative estimate of drug-likeness (QED) is 0.540. The molecule has 1 atom stereocenters. The second-order valence-corrected chi connectivity index (χ2v) is 10.9. The van der Waals surface area contributed by atoms with E-state index in [2.05, 4.69) is 33.0 Å². The highest BCUT2D eigenvalue weighted by Gasteiger charge is 2.34. The van der Waals surface area contributed by atoms with Gasteiger partial charge in [0.15, 0.2) is 9.84 Å². The molecule has 33 heavy (non-hydrogen) atoms. The lowest BCUT2D eigenvalue weighted by Crippen LogP contribution is -2.39. The van der Waals surface area contributed by atoms with Crippen molar-refractivity contribution in [2.75, 3.05) is 24.2 Å². The SMILES string of the molecule is CCCc1nc(N2CCC(C3Cc4cc(-c5ccc(S(C)(=O)=O)cc5)ncc4O3)CC2)no1. The van der Waals surface area contributed by atoms with Crippen molar-refractivity contribution in [3.8, 4) is 17.0 Å². The van der Waals surface area contributed by atoms with Crippen LogP contribution in [-0.2, 0) is 22.7 Å². The Kier molecular flexibility index (Phi) is 5.82. The Bertz CT molecular complexity index is 1230. The van der Waals surface area contributed by atoms with Crippen LogP contribution >= 0.6 is 0 Å². The molecular weight excluding hydrogens is 440 g/mol. The molecule has 174 valence electrons. The second kappa shape index (κ2) is 8.78. The molecule has 0 saturated carbocycles. The monoisotopic (exact) mass is 468 g/mol. The van der Waals surface area contributed by atoms with E-state index in [1.54, 1.807) is 30.5 Å². The van der Waals surface area contributed by atoms with Gasteiger partial charge < -0.3 is 14.2 Å². The van der Waals surface area contributed by atoms with Gasteiger partial charge in [0.2, 0.25) is 5.89 Å². The van der Waals surface area contributed by atoms with Gasteiger partial charge in [-0.05, 0) is 48.5 Å². The molecule has 2 aromatic heterocycles. The molecular formula is C24H28N4O4S. The molecule has 8 nitrogen and oxygen atoms in total. The molecule has 0 radical (unpaired) electrons. The van der Waals surface area contributed by atoms with E-state index in [4.69, 9.17) is 9.26 Å². The molecule has 1 fully saturated rings. The third-order valence-corrected chi connectivity index (χ3v) is 7.62. The largest absolute Gasteiger partial charge is 0.488 e. The van der Waals surface area contributed by atoms with Gasteiger partial charge in [-0.1, -0.05) is 19.1 Å². The first-order valence-electron chi connectivity index (χ1n) is 11.4. The summed E-state index contributed by atoms with van der Waals surface area (Å²) in [6.07, 6.45) is 7.85. The van der Waals surface area contributed by atoms with Gasteiger partial charge in [0.1, 0.15) is 11.9 Å². The molecule has 0 N–H and O–H groups in total. The van der Waals surface area contributed by atoms with Crippen LogP contribution < -0.4 is 9.64 Å². The number of hydrogen-bond acceptors (Lipinski definition) is 8. The average molecular weight is 469 g/mol. The average Bonchev–Trinajstić information content (AvgIpc) is 3.46. The molecule has 0 spiro atoms. The van der Waals surface area contributed by atoms with Gasteiger partial charge in [0, 0.05) is 43.3 Å². The van der Waals surface area contributed by atoms with Gasteiger partial charge in [-0.25, -0.2) is 8.42 Å². The van der Waals surface area contributed by atoms with E-state index in [0.29, 0.717) is 22.7 Å². The van der Waals surface area contributed by atoms with Gasteiger partial charge in [0.25, 0.3) is 5.95 Å². The zero-order valence-electron chi connectivity index (χ0n) is 18.9. The maximum atomic E-state index is 11.7. The number of rotatable bonds is 6. The summed E-state index contributed by atoms with van der Waals surface area (Å²) in [5.41, 5.74) is 2.87. The summed E-state index contributed by atoms with van der Waals surface area (Å²) in [6.45, 7) is 3.88. The molecule has 1 unspecified atom stereocenters. The van der Waals surface area contributed by atoms with E-state index in [9.17, 15) is 8.42 Å². The number of pyridine rings is 1. The van der Waals surface area contributed by atoms with Crippen LogP contribution in [0.15, 0.2) is 45.9 Å². The predicted octanol–water partition coefficient (Wildman–Crippen LogP) is 3.71. The molecule has 5 rings (SSSR count). The molecule has 2 aliphatic heterocycles. The van der Waals surface area contributed by atoms with E-state index in [1.807, 2.05) is 0 Å². The van der Waals surface area contributed by atoms with Crippen LogP contribution in [0.4, 0.5) is 5.95 Å². The lowest BCUT2D eigenvalue weighted by Gasteiger charge is -2.33. The van der Waals surface area contributed by atoms with Crippen LogP contribution in [0.1, 0.15) is 37.6 Å². The number of hydrogen-bond donors (Lipinski definition) is 0. The normalized spacial score (nSPS) is 18.8. The second-order valence-electron chi connectivity index (χ2n) is 8.90. The lowest BCUT2D eigenvalue weighted by atomic mass is 9.89. The Hall–Kier alpha value is -2.94. The molecule has 2 aliphatic rings. The highest BCUT2D eigenvalue weighted by atomic mass is 32.2. The summed E-state index contributed by atoms with van der Waals surface area (Å²) in [5.74, 6) is 2.72. The maximum Gasteiger partial charge on any atom is 0.266 e. The Labute approximate surface area is 193 Å². The lowest BCUT2D eigenvalue weighted by molar-refractivity contribution is 0.138. The third kappa shape index (κ3) is 4.59. The Morgan fingerprint density at radius 3 is 2.61 bits per heavy atom. The summed E-state index contributed by atoms with van der Waals surface area (Å²) < 4.78 is 35.0. The van der Waals surface area contributed by atoms with E-state index in [-0.39, 0.29) is 6.10 Å². The molecule has 0 bridgehead atoms. The van der Waals surface area contributed by atoms with Crippen molar-refractivity contribution >= 4 is 15.8 Å². The first-order chi connectivity index (χ1) is 15.9. The Balaban J connectivity index is 1.22. The zero-order chi connectivity index (χ0) is 23.0. The summed E-state index contributed by atoms with van der Waals surface area (Å²) in [6, 6.07) is 8.92. The third-order valence-electron chi connectivity index (χ3n) is 6.50. The van der Waals surface area contributed by atoms with E-state index in [1.165, 1.54) is 6.26 Å². The highest BCUT2D eigenvalue weighted by Crippen LogP contribution is 2.37. The zero-order valence-corrected chi connectivity index (χ0v) is 19.7. The number of fused-ring (bicyclic) bond motifs is 1. The van der Waals surface area contributed by atoms with Gasteiger partial charge >= 0.3 is 0 Å². The van der Waals surface area contributed by atoms with Crippen LogP contribution in [0.3, 0.4) is 0 Å². The first kappa shape index (κ1) is 21.9. The van der Waals surface area contributed by atoms with Crippen LogP contribution in [0, 0.1) is 5.92 Å². The topological polar surface area (TPSA) is 98.4 Å².